The fourth-order valence-electron chi connectivity index (χ4n) is 1.14. The molecule has 0 aliphatic carbocycles. The molecule has 0 aromatic carbocycles. The lowest BCUT2D eigenvalue weighted by atomic mass is 10.0. The molecule has 0 unspecified atom stereocenters. The van der Waals surface area contributed by atoms with Crippen LogP contribution in [0.2, 0.25) is 10.2 Å². The highest BCUT2D eigenvalue weighted by molar-refractivity contribution is 6.35. The molecule has 0 bridgehead atoms. The average Bonchev–Trinajstić information content (AvgIpc) is 2.30. The molecule has 1 rings (SSSR count). The lowest BCUT2D eigenvalue weighted by Crippen LogP contribution is -2.47. The third kappa shape index (κ3) is 3.09. The van der Waals surface area contributed by atoms with Gasteiger partial charge in [0.25, 0.3) is 5.91 Å². The molecule has 1 aromatic rings. The van der Waals surface area contributed by atoms with Crippen LogP contribution in [0.1, 0.15) is 24.2 Å². The second-order valence-electron chi connectivity index (χ2n) is 4.32. The van der Waals surface area contributed by atoms with E-state index in [1.54, 1.807) is 20.9 Å². The SMILES string of the molecule is CN(C(=O)c1cc(Cl)ncc1Cl)C(C)(C)CO. The average molecular weight is 277 g/mol. The number of hydrogen-bond donors (Lipinski definition) is 1. The minimum atomic E-state index is -0.670. The highest BCUT2D eigenvalue weighted by Gasteiger charge is 2.28. The first-order chi connectivity index (χ1) is 7.79. The molecule has 1 heterocycles. The smallest absolute Gasteiger partial charge is 0.255 e. The largest absolute Gasteiger partial charge is 0.394 e. The van der Waals surface area contributed by atoms with Gasteiger partial charge in [0.05, 0.1) is 22.7 Å². The first-order valence-corrected chi connectivity index (χ1v) is 5.75. The van der Waals surface area contributed by atoms with E-state index in [9.17, 15) is 9.90 Å². The molecule has 0 atom stereocenters. The summed E-state index contributed by atoms with van der Waals surface area (Å²) in [4.78, 5) is 17.4. The summed E-state index contributed by atoms with van der Waals surface area (Å²) in [6.07, 6.45) is 1.33. The van der Waals surface area contributed by atoms with Crippen LogP contribution in [0.15, 0.2) is 12.3 Å². The van der Waals surface area contributed by atoms with Crippen molar-refractivity contribution in [2.45, 2.75) is 19.4 Å². The van der Waals surface area contributed by atoms with Gasteiger partial charge in [0.2, 0.25) is 0 Å². The Labute approximate surface area is 110 Å². The maximum atomic E-state index is 12.2. The van der Waals surface area contributed by atoms with Crippen LogP contribution in [0.4, 0.5) is 0 Å². The van der Waals surface area contributed by atoms with Gasteiger partial charge in [-0.2, -0.15) is 0 Å². The van der Waals surface area contributed by atoms with Gasteiger partial charge in [-0.1, -0.05) is 23.2 Å². The summed E-state index contributed by atoms with van der Waals surface area (Å²) >= 11 is 11.6. The second-order valence-corrected chi connectivity index (χ2v) is 5.12. The monoisotopic (exact) mass is 276 g/mol. The fourth-order valence-corrected chi connectivity index (χ4v) is 1.48. The summed E-state index contributed by atoms with van der Waals surface area (Å²) in [5.74, 6) is -0.307. The molecule has 1 aromatic heterocycles. The van der Waals surface area contributed by atoms with E-state index >= 15 is 0 Å². The Bertz CT molecular complexity index is 435. The van der Waals surface area contributed by atoms with E-state index in [2.05, 4.69) is 4.98 Å². The quantitative estimate of drug-likeness (QED) is 0.862. The van der Waals surface area contributed by atoms with Crippen molar-refractivity contribution in [1.82, 2.24) is 9.88 Å². The van der Waals surface area contributed by atoms with Crippen LogP contribution in [-0.2, 0) is 0 Å². The van der Waals surface area contributed by atoms with Crippen molar-refractivity contribution >= 4 is 29.1 Å². The zero-order chi connectivity index (χ0) is 13.2. The van der Waals surface area contributed by atoms with Gasteiger partial charge >= 0.3 is 0 Å². The molecule has 0 saturated heterocycles. The van der Waals surface area contributed by atoms with Crippen molar-refractivity contribution in [3.05, 3.63) is 28.0 Å². The Kier molecular flexibility index (Phi) is 4.36. The number of amides is 1. The highest BCUT2D eigenvalue weighted by atomic mass is 35.5. The molecule has 0 saturated carbocycles. The normalized spacial score (nSPS) is 11.4. The van der Waals surface area contributed by atoms with E-state index in [1.165, 1.54) is 17.2 Å². The van der Waals surface area contributed by atoms with Gasteiger partial charge in [0, 0.05) is 13.2 Å². The van der Waals surface area contributed by atoms with Gasteiger partial charge in [-0.05, 0) is 19.9 Å². The number of aliphatic hydroxyl groups excluding tert-OH is 1. The lowest BCUT2D eigenvalue weighted by Gasteiger charge is -2.34. The summed E-state index contributed by atoms with van der Waals surface area (Å²) in [6, 6.07) is 1.41. The summed E-state index contributed by atoms with van der Waals surface area (Å²) in [6.45, 7) is 3.36. The molecule has 1 amide bonds. The summed E-state index contributed by atoms with van der Waals surface area (Å²) in [5, 5.41) is 9.66. The Morgan fingerprint density at radius 2 is 2.12 bits per heavy atom. The van der Waals surface area contributed by atoms with Crippen molar-refractivity contribution in [3.8, 4) is 0 Å². The zero-order valence-corrected chi connectivity index (χ0v) is 11.4. The number of carbonyl (C=O) groups excluding carboxylic acids is 1. The van der Waals surface area contributed by atoms with E-state index in [1.807, 2.05) is 0 Å². The van der Waals surface area contributed by atoms with Crippen LogP contribution < -0.4 is 0 Å². The first kappa shape index (κ1) is 14.2. The van der Waals surface area contributed by atoms with Crippen molar-refractivity contribution in [3.63, 3.8) is 0 Å². The van der Waals surface area contributed by atoms with Gasteiger partial charge in [-0.15, -0.1) is 0 Å². The molecule has 0 aliphatic rings. The topological polar surface area (TPSA) is 53.4 Å². The third-order valence-corrected chi connectivity index (χ3v) is 3.16. The number of pyridine rings is 1. The molecular formula is C11H14Cl2N2O2. The number of aliphatic hydroxyl groups is 1. The van der Waals surface area contributed by atoms with Crippen molar-refractivity contribution in [2.75, 3.05) is 13.7 Å². The second kappa shape index (κ2) is 5.21. The van der Waals surface area contributed by atoms with Gasteiger partial charge in [-0.25, -0.2) is 4.98 Å². The Balaban J connectivity index is 3.08. The predicted molar refractivity (Wildman–Crippen MR) is 67.5 cm³/mol. The molecule has 17 heavy (non-hydrogen) atoms. The van der Waals surface area contributed by atoms with E-state index in [-0.39, 0.29) is 28.3 Å². The van der Waals surface area contributed by atoms with Gasteiger partial charge < -0.3 is 10.0 Å². The molecule has 0 radical (unpaired) electrons. The third-order valence-electron chi connectivity index (χ3n) is 2.65. The number of aromatic nitrogens is 1. The minimum Gasteiger partial charge on any atom is -0.394 e. The molecule has 0 aliphatic heterocycles. The van der Waals surface area contributed by atoms with E-state index in [0.717, 1.165) is 0 Å². The number of hydrogen-bond acceptors (Lipinski definition) is 3. The van der Waals surface area contributed by atoms with Crippen molar-refractivity contribution < 1.29 is 9.90 Å². The van der Waals surface area contributed by atoms with Crippen LogP contribution in [-0.4, -0.2) is 40.1 Å². The molecule has 1 N–H and O–H groups in total. The summed E-state index contributed by atoms with van der Waals surface area (Å²) < 4.78 is 0. The Morgan fingerprint density at radius 3 is 2.65 bits per heavy atom. The Morgan fingerprint density at radius 1 is 1.53 bits per heavy atom. The molecule has 0 spiro atoms. The van der Waals surface area contributed by atoms with Crippen LogP contribution in [0.25, 0.3) is 0 Å². The van der Waals surface area contributed by atoms with E-state index in [0.29, 0.717) is 0 Å². The van der Waals surface area contributed by atoms with E-state index in [4.69, 9.17) is 23.2 Å². The first-order valence-electron chi connectivity index (χ1n) is 4.99. The van der Waals surface area contributed by atoms with Crippen LogP contribution >= 0.6 is 23.2 Å². The van der Waals surface area contributed by atoms with Crippen LogP contribution in [0.5, 0.6) is 0 Å². The summed E-state index contributed by atoms with van der Waals surface area (Å²) in [7, 11) is 1.60. The minimum absolute atomic E-state index is 0.147. The summed E-state index contributed by atoms with van der Waals surface area (Å²) in [5.41, 5.74) is -0.397. The zero-order valence-electron chi connectivity index (χ0n) is 9.87. The number of halogens is 2. The molecule has 6 heteroatoms. The maximum absolute atomic E-state index is 12.2. The van der Waals surface area contributed by atoms with E-state index < -0.39 is 5.54 Å². The van der Waals surface area contributed by atoms with Gasteiger partial charge in [0.15, 0.2) is 0 Å². The van der Waals surface area contributed by atoms with Crippen molar-refractivity contribution in [1.29, 1.82) is 0 Å². The van der Waals surface area contributed by atoms with Crippen LogP contribution in [0, 0.1) is 0 Å². The van der Waals surface area contributed by atoms with Gasteiger partial charge in [-0.3, -0.25) is 4.79 Å². The highest BCUT2D eigenvalue weighted by Crippen LogP contribution is 2.22. The molecular weight excluding hydrogens is 263 g/mol. The number of rotatable bonds is 3. The fraction of sp³-hybridized carbons (Fsp3) is 0.455. The predicted octanol–water partition coefficient (Wildman–Crippen LogP) is 2.23. The van der Waals surface area contributed by atoms with Crippen molar-refractivity contribution in [2.24, 2.45) is 0 Å². The number of likely N-dealkylation sites (N-methyl/N-ethyl adjacent to an activating group) is 1. The Hall–Kier alpha value is -0.840. The molecule has 4 nitrogen and oxygen atoms in total. The van der Waals surface area contributed by atoms with Gasteiger partial charge in [0.1, 0.15) is 5.15 Å². The number of carbonyl (C=O) groups is 1. The molecule has 94 valence electrons. The molecule has 0 fully saturated rings. The van der Waals surface area contributed by atoms with Crippen LogP contribution in [0.3, 0.4) is 0 Å². The lowest BCUT2D eigenvalue weighted by molar-refractivity contribution is 0.0473. The number of nitrogens with zero attached hydrogens (tertiary/aromatic N) is 2. The standard InChI is InChI=1S/C11H14Cl2N2O2/c1-11(2,6-16)15(3)10(17)7-4-9(13)14-5-8(7)12/h4-5,16H,6H2,1-3H3. The maximum Gasteiger partial charge on any atom is 0.255 e.